The van der Waals surface area contributed by atoms with Gasteiger partial charge in [-0.25, -0.2) is 4.39 Å². The predicted molar refractivity (Wildman–Crippen MR) is 75.1 cm³/mol. The van der Waals surface area contributed by atoms with Crippen LogP contribution in [0.1, 0.15) is 19.3 Å². The predicted octanol–water partition coefficient (Wildman–Crippen LogP) is 1.61. The molecule has 0 aromatic heterocycles. The number of carbonyl (C=O) groups excluding carboxylic acids is 1. The Bertz CT molecular complexity index is 612. The van der Waals surface area contributed by atoms with E-state index in [9.17, 15) is 19.3 Å². The lowest BCUT2D eigenvalue weighted by atomic mass is 9.99. The summed E-state index contributed by atoms with van der Waals surface area (Å²) in [5.41, 5.74) is 9.49. The monoisotopic (exact) mass is 361 g/mol. The first-order chi connectivity index (χ1) is 9.73. The van der Waals surface area contributed by atoms with E-state index in [1.54, 1.807) is 0 Å². The molecular weight excluding hydrogens is 349 g/mol. The number of rotatable bonds is 4. The number of benzene rings is 1. The van der Waals surface area contributed by atoms with E-state index in [0.717, 1.165) is 12.1 Å². The molecule has 1 amide bonds. The molecule has 7 nitrogen and oxygen atoms in total. The van der Waals surface area contributed by atoms with E-state index in [4.69, 9.17) is 16.2 Å². The number of nitro groups is 1. The number of hydrogen-bond donors (Lipinski definition) is 2. The standard InChI is InChI=1S/C12H13BrFN3O4/c13-7-3-9(17(19)20)10(4-8(7)14)21-6-1-2-12(16,5-6)11(15)18/h3-4,6H,1-2,5,16H2,(H2,15,18). The minimum Gasteiger partial charge on any atom is -0.483 e. The zero-order valence-electron chi connectivity index (χ0n) is 10.8. The molecule has 0 bridgehead atoms. The molecule has 2 unspecified atom stereocenters. The van der Waals surface area contributed by atoms with Crippen molar-refractivity contribution in [2.24, 2.45) is 11.5 Å². The molecule has 2 rings (SSSR count). The summed E-state index contributed by atoms with van der Waals surface area (Å²) in [6, 6.07) is 1.96. The van der Waals surface area contributed by atoms with Crippen LogP contribution < -0.4 is 16.2 Å². The first kappa shape index (κ1) is 15.6. The summed E-state index contributed by atoms with van der Waals surface area (Å²) in [7, 11) is 0. The fraction of sp³-hybridized carbons (Fsp3) is 0.417. The number of nitrogens with two attached hydrogens (primary N) is 2. The summed E-state index contributed by atoms with van der Waals surface area (Å²) in [6.07, 6.45) is 0.340. The van der Waals surface area contributed by atoms with E-state index in [-0.39, 0.29) is 22.3 Å². The van der Waals surface area contributed by atoms with Crippen LogP contribution in [0, 0.1) is 15.9 Å². The molecule has 1 saturated carbocycles. The van der Waals surface area contributed by atoms with Crippen molar-refractivity contribution in [3.63, 3.8) is 0 Å². The van der Waals surface area contributed by atoms with Gasteiger partial charge in [-0.3, -0.25) is 14.9 Å². The zero-order chi connectivity index (χ0) is 15.8. The third-order valence-electron chi connectivity index (χ3n) is 3.49. The van der Waals surface area contributed by atoms with Crippen LogP contribution in [0.2, 0.25) is 0 Å². The van der Waals surface area contributed by atoms with Gasteiger partial charge in [-0.2, -0.15) is 0 Å². The first-order valence-electron chi connectivity index (χ1n) is 6.12. The Labute approximate surface area is 127 Å². The van der Waals surface area contributed by atoms with Crippen molar-refractivity contribution < 1.29 is 18.8 Å². The number of primary amides is 1. The average molecular weight is 362 g/mol. The zero-order valence-corrected chi connectivity index (χ0v) is 12.4. The second kappa shape index (κ2) is 5.57. The van der Waals surface area contributed by atoms with Crippen LogP contribution in [-0.4, -0.2) is 22.5 Å². The molecule has 0 spiro atoms. The Morgan fingerprint density at radius 3 is 2.76 bits per heavy atom. The van der Waals surface area contributed by atoms with Gasteiger partial charge < -0.3 is 16.2 Å². The van der Waals surface area contributed by atoms with Gasteiger partial charge in [0.25, 0.3) is 0 Å². The van der Waals surface area contributed by atoms with Gasteiger partial charge >= 0.3 is 5.69 Å². The topological polar surface area (TPSA) is 121 Å². The van der Waals surface area contributed by atoms with E-state index < -0.39 is 28.3 Å². The number of nitrogens with zero attached hydrogens (tertiary/aromatic N) is 1. The van der Waals surface area contributed by atoms with Gasteiger partial charge in [-0.05, 0) is 28.8 Å². The quantitative estimate of drug-likeness (QED) is 0.623. The van der Waals surface area contributed by atoms with Crippen molar-refractivity contribution in [1.29, 1.82) is 0 Å². The van der Waals surface area contributed by atoms with Crippen LogP contribution in [0.15, 0.2) is 16.6 Å². The SMILES string of the molecule is NC(=O)C1(N)CCC(Oc2cc(F)c(Br)cc2[N+](=O)[O-])C1. The highest BCUT2D eigenvalue weighted by Gasteiger charge is 2.42. The lowest BCUT2D eigenvalue weighted by Gasteiger charge is -2.19. The average Bonchev–Trinajstić information content (AvgIpc) is 2.76. The van der Waals surface area contributed by atoms with Crippen molar-refractivity contribution in [3.8, 4) is 5.75 Å². The molecule has 1 aromatic carbocycles. The summed E-state index contributed by atoms with van der Waals surface area (Å²) in [6.45, 7) is 0. The summed E-state index contributed by atoms with van der Waals surface area (Å²) in [5, 5.41) is 11.0. The maximum Gasteiger partial charge on any atom is 0.312 e. The molecule has 1 aliphatic rings. The van der Waals surface area contributed by atoms with Crippen LogP contribution in [0.4, 0.5) is 10.1 Å². The van der Waals surface area contributed by atoms with Gasteiger partial charge in [-0.15, -0.1) is 0 Å². The number of nitro benzene ring substituents is 1. The Balaban J connectivity index is 2.23. The Morgan fingerprint density at radius 1 is 1.57 bits per heavy atom. The summed E-state index contributed by atoms with van der Waals surface area (Å²) in [4.78, 5) is 21.6. The van der Waals surface area contributed by atoms with Crippen molar-refractivity contribution in [2.45, 2.75) is 30.9 Å². The van der Waals surface area contributed by atoms with Crippen LogP contribution in [0.3, 0.4) is 0 Å². The number of hydrogen-bond acceptors (Lipinski definition) is 5. The second-order valence-electron chi connectivity index (χ2n) is 4.99. The van der Waals surface area contributed by atoms with Gasteiger partial charge in [0.15, 0.2) is 5.75 Å². The minimum atomic E-state index is -1.19. The fourth-order valence-electron chi connectivity index (χ4n) is 2.29. The Morgan fingerprint density at radius 2 is 2.24 bits per heavy atom. The highest BCUT2D eigenvalue weighted by atomic mass is 79.9. The van der Waals surface area contributed by atoms with Gasteiger partial charge in [-0.1, -0.05) is 0 Å². The van der Waals surface area contributed by atoms with Crippen LogP contribution in [-0.2, 0) is 4.79 Å². The number of ether oxygens (including phenoxy) is 1. The van der Waals surface area contributed by atoms with Crippen LogP contribution in [0.25, 0.3) is 0 Å². The van der Waals surface area contributed by atoms with Crippen LogP contribution >= 0.6 is 15.9 Å². The first-order valence-corrected chi connectivity index (χ1v) is 6.91. The highest BCUT2D eigenvalue weighted by molar-refractivity contribution is 9.10. The molecular formula is C12H13BrFN3O4. The van der Waals surface area contributed by atoms with Gasteiger partial charge in [0.05, 0.1) is 14.9 Å². The summed E-state index contributed by atoms with van der Waals surface area (Å²) in [5.74, 6) is -1.52. The lowest BCUT2D eigenvalue weighted by Crippen LogP contribution is -2.50. The molecule has 0 saturated heterocycles. The molecule has 9 heteroatoms. The number of amides is 1. The fourth-order valence-corrected chi connectivity index (χ4v) is 2.62. The van der Waals surface area contributed by atoms with E-state index in [1.165, 1.54) is 0 Å². The van der Waals surface area contributed by atoms with Crippen molar-refractivity contribution in [3.05, 3.63) is 32.5 Å². The molecule has 0 radical (unpaired) electrons. The molecule has 1 fully saturated rings. The molecule has 0 aliphatic heterocycles. The van der Waals surface area contributed by atoms with E-state index in [2.05, 4.69) is 15.9 Å². The largest absolute Gasteiger partial charge is 0.483 e. The molecule has 0 heterocycles. The third kappa shape index (κ3) is 3.13. The normalized spacial score (nSPS) is 24.8. The molecule has 114 valence electrons. The van der Waals surface area contributed by atoms with Crippen molar-refractivity contribution >= 4 is 27.5 Å². The Hall–Kier alpha value is -1.74. The van der Waals surface area contributed by atoms with E-state index >= 15 is 0 Å². The summed E-state index contributed by atoms with van der Waals surface area (Å²) < 4.78 is 19.0. The number of halogens is 2. The summed E-state index contributed by atoms with van der Waals surface area (Å²) >= 11 is 2.88. The van der Waals surface area contributed by atoms with Crippen molar-refractivity contribution in [1.82, 2.24) is 0 Å². The minimum absolute atomic E-state index is 0.0294. The molecule has 1 aliphatic carbocycles. The maximum atomic E-state index is 13.5. The maximum absolute atomic E-state index is 13.5. The Kier molecular flexibility index (Phi) is 4.15. The van der Waals surface area contributed by atoms with Gasteiger partial charge in [0.1, 0.15) is 11.9 Å². The number of carbonyl (C=O) groups is 1. The van der Waals surface area contributed by atoms with Crippen molar-refractivity contribution in [2.75, 3.05) is 0 Å². The third-order valence-corrected chi connectivity index (χ3v) is 4.09. The van der Waals surface area contributed by atoms with Gasteiger partial charge in [0, 0.05) is 18.6 Å². The molecule has 21 heavy (non-hydrogen) atoms. The van der Waals surface area contributed by atoms with E-state index in [0.29, 0.717) is 12.8 Å². The van der Waals surface area contributed by atoms with Gasteiger partial charge in [0.2, 0.25) is 5.91 Å². The lowest BCUT2D eigenvalue weighted by molar-refractivity contribution is -0.386. The second-order valence-corrected chi connectivity index (χ2v) is 5.85. The smallest absolute Gasteiger partial charge is 0.312 e. The molecule has 4 N–H and O–H groups in total. The highest BCUT2D eigenvalue weighted by Crippen LogP contribution is 2.37. The molecule has 2 atom stereocenters. The van der Waals surface area contributed by atoms with E-state index in [1.807, 2.05) is 0 Å². The molecule has 1 aromatic rings. The van der Waals surface area contributed by atoms with Crippen LogP contribution in [0.5, 0.6) is 5.75 Å².